The summed E-state index contributed by atoms with van der Waals surface area (Å²) in [6.07, 6.45) is 0.438. The molecule has 2 aromatic heterocycles. The zero-order valence-electron chi connectivity index (χ0n) is 18.6. The molecule has 32 heavy (non-hydrogen) atoms. The average Bonchev–Trinajstić information content (AvgIpc) is 3.34. The smallest absolute Gasteiger partial charge is 0.365 e. The molecule has 0 spiro atoms. The molecule has 1 saturated heterocycles. The molecule has 0 radical (unpaired) electrons. The summed E-state index contributed by atoms with van der Waals surface area (Å²) < 4.78 is 28.0. The number of halogens is 2. The first-order chi connectivity index (χ1) is 15.0. The molecule has 0 bridgehead atoms. The maximum atomic E-state index is 14.0. The second kappa shape index (κ2) is 9.58. The normalized spacial score (nSPS) is 19.0. The molecule has 10 heteroatoms. The molecular weight excluding hydrogens is 438 g/mol. The topological polar surface area (TPSA) is 95.4 Å². The van der Waals surface area contributed by atoms with Crippen LogP contribution in [-0.2, 0) is 6.42 Å². The van der Waals surface area contributed by atoms with Gasteiger partial charge in [0.05, 0.1) is 6.04 Å². The zero-order valence-corrected chi connectivity index (χ0v) is 19.4. The third-order valence-electron chi connectivity index (χ3n) is 5.46. The van der Waals surface area contributed by atoms with Crippen LogP contribution in [0.5, 0.6) is 0 Å². The minimum Gasteiger partial charge on any atom is -0.476 e. The number of alkyl halides is 2. The summed E-state index contributed by atoms with van der Waals surface area (Å²) >= 11 is 0.866. The maximum absolute atomic E-state index is 14.0. The van der Waals surface area contributed by atoms with Crippen molar-refractivity contribution in [2.24, 2.45) is 0 Å². The fourth-order valence-electron chi connectivity index (χ4n) is 3.93. The molecule has 1 amide bonds. The number of aromatic carboxylic acids is 1. The van der Waals surface area contributed by atoms with Gasteiger partial charge in [-0.15, -0.1) is 11.3 Å². The lowest BCUT2D eigenvalue weighted by Gasteiger charge is -2.29. The first-order valence-electron chi connectivity index (χ1n) is 10.5. The van der Waals surface area contributed by atoms with Crippen molar-refractivity contribution in [2.45, 2.75) is 71.0 Å². The van der Waals surface area contributed by atoms with Crippen LogP contribution in [0.4, 0.5) is 8.78 Å². The van der Waals surface area contributed by atoms with Crippen molar-refractivity contribution in [3.63, 3.8) is 0 Å². The zero-order chi connectivity index (χ0) is 23.6. The highest BCUT2D eigenvalue weighted by molar-refractivity contribution is 7.11. The molecule has 1 aliphatic heterocycles. The van der Waals surface area contributed by atoms with Crippen molar-refractivity contribution in [1.82, 2.24) is 20.2 Å². The Bertz CT molecular complexity index is 990. The molecule has 0 aromatic carbocycles. The number of rotatable bonds is 7. The van der Waals surface area contributed by atoms with Crippen molar-refractivity contribution in [1.29, 1.82) is 0 Å². The molecule has 0 saturated carbocycles. The van der Waals surface area contributed by atoms with E-state index in [0.717, 1.165) is 11.3 Å². The van der Waals surface area contributed by atoms with Gasteiger partial charge in [0.1, 0.15) is 5.69 Å². The second-order valence-electron chi connectivity index (χ2n) is 9.03. The molecule has 0 aliphatic carbocycles. The van der Waals surface area contributed by atoms with Gasteiger partial charge in [0.25, 0.3) is 12.3 Å². The van der Waals surface area contributed by atoms with Crippen molar-refractivity contribution >= 4 is 23.2 Å². The number of carbonyl (C=O) groups excluding carboxylic acids is 1. The third-order valence-corrected chi connectivity index (χ3v) is 6.30. The average molecular weight is 467 g/mol. The van der Waals surface area contributed by atoms with Crippen LogP contribution in [0.2, 0.25) is 0 Å². The van der Waals surface area contributed by atoms with Crippen molar-refractivity contribution in [3.8, 4) is 0 Å². The number of amides is 1. The predicted octanol–water partition coefficient (Wildman–Crippen LogP) is 4.47. The first-order valence-corrected chi connectivity index (χ1v) is 11.4. The quantitative estimate of drug-likeness (QED) is 0.625. The summed E-state index contributed by atoms with van der Waals surface area (Å²) in [6.45, 7) is 8.55. The Morgan fingerprint density at radius 1 is 1.34 bits per heavy atom. The van der Waals surface area contributed by atoms with E-state index >= 15 is 0 Å². The van der Waals surface area contributed by atoms with Crippen molar-refractivity contribution in [3.05, 3.63) is 45.2 Å². The lowest BCUT2D eigenvalue weighted by molar-refractivity contribution is 0.0666. The van der Waals surface area contributed by atoms with Gasteiger partial charge in [-0.1, -0.05) is 0 Å². The summed E-state index contributed by atoms with van der Waals surface area (Å²) in [7, 11) is 0. The summed E-state index contributed by atoms with van der Waals surface area (Å²) in [6, 6.07) is 0.677. The highest BCUT2D eigenvalue weighted by Crippen LogP contribution is 2.40. The second-order valence-corrected chi connectivity index (χ2v) is 9.89. The van der Waals surface area contributed by atoms with Gasteiger partial charge in [-0.05, 0) is 46.6 Å². The number of carboxylic acids is 1. The van der Waals surface area contributed by atoms with E-state index in [9.17, 15) is 18.4 Å². The summed E-state index contributed by atoms with van der Waals surface area (Å²) in [4.78, 5) is 34.1. The summed E-state index contributed by atoms with van der Waals surface area (Å²) in [5, 5.41) is 13.6. The van der Waals surface area contributed by atoms with E-state index in [4.69, 9.17) is 5.11 Å². The summed E-state index contributed by atoms with van der Waals surface area (Å²) in [5.74, 6) is -1.66. The highest BCUT2D eigenvalue weighted by Gasteiger charge is 2.39. The van der Waals surface area contributed by atoms with E-state index in [1.807, 2.05) is 27.7 Å². The molecule has 2 unspecified atom stereocenters. The van der Waals surface area contributed by atoms with Crippen LogP contribution in [0.15, 0.2) is 17.6 Å². The third kappa shape index (κ3) is 5.47. The predicted molar refractivity (Wildman–Crippen MR) is 117 cm³/mol. The number of hydrogen-bond donors (Lipinski definition) is 2. The number of carbonyl (C=O) groups is 2. The van der Waals surface area contributed by atoms with Gasteiger partial charge in [0.15, 0.2) is 0 Å². The van der Waals surface area contributed by atoms with E-state index in [0.29, 0.717) is 37.1 Å². The number of likely N-dealkylation sites (tertiary alicyclic amines) is 1. The monoisotopic (exact) mass is 466 g/mol. The van der Waals surface area contributed by atoms with E-state index in [1.54, 1.807) is 0 Å². The molecule has 3 rings (SSSR count). The van der Waals surface area contributed by atoms with Crippen LogP contribution in [0.1, 0.15) is 90.1 Å². The van der Waals surface area contributed by atoms with Crippen molar-refractivity contribution in [2.75, 3.05) is 6.54 Å². The number of nitrogens with zero attached hydrogens (tertiary/aromatic N) is 3. The van der Waals surface area contributed by atoms with Crippen molar-refractivity contribution < 1.29 is 23.5 Å². The van der Waals surface area contributed by atoms with Gasteiger partial charge >= 0.3 is 5.97 Å². The molecule has 7 nitrogen and oxygen atoms in total. The largest absolute Gasteiger partial charge is 0.476 e. The Balaban J connectivity index is 1.87. The van der Waals surface area contributed by atoms with Crippen LogP contribution < -0.4 is 5.32 Å². The molecule has 1 aliphatic rings. The molecule has 2 atom stereocenters. The van der Waals surface area contributed by atoms with E-state index in [-0.39, 0.29) is 27.8 Å². The standard InChI is InChI=1S/C22H28F2N4O3S/c1-12-5-6-17(28(12)20(29)16-11-32-19(27-16)21(30)31)15-10-25-13(9-14(15)18(23)24)7-8-26-22(2,3)4/h9-12,17-18,26H,5-8H2,1-4H3,(H,30,31). The fraction of sp³-hybridized carbons (Fsp3) is 0.545. The molecule has 174 valence electrons. The van der Waals surface area contributed by atoms with Crippen LogP contribution in [0.25, 0.3) is 0 Å². The van der Waals surface area contributed by atoms with Crippen LogP contribution in [0, 0.1) is 0 Å². The van der Waals surface area contributed by atoms with Gasteiger partial charge in [-0.25, -0.2) is 18.6 Å². The van der Waals surface area contributed by atoms with Gasteiger partial charge in [0.2, 0.25) is 5.01 Å². The molecule has 2 N–H and O–H groups in total. The van der Waals surface area contributed by atoms with Crippen LogP contribution in [0.3, 0.4) is 0 Å². The lowest BCUT2D eigenvalue weighted by atomic mass is 9.99. The van der Waals surface area contributed by atoms with Crippen LogP contribution in [-0.4, -0.2) is 50.0 Å². The number of thiazole rings is 1. The lowest BCUT2D eigenvalue weighted by Crippen LogP contribution is -2.37. The minimum atomic E-state index is -2.70. The maximum Gasteiger partial charge on any atom is 0.365 e. The first kappa shape index (κ1) is 24.2. The molecular formula is C22H28F2N4O3S. The Kier molecular flexibility index (Phi) is 7.24. The number of pyridine rings is 1. The number of hydrogen-bond acceptors (Lipinski definition) is 6. The Labute approximate surface area is 189 Å². The highest BCUT2D eigenvalue weighted by atomic mass is 32.1. The minimum absolute atomic E-state index is 0.0163. The summed E-state index contributed by atoms with van der Waals surface area (Å²) in [5.41, 5.74) is 0.715. The van der Waals surface area contributed by atoms with Gasteiger partial charge in [-0.3, -0.25) is 9.78 Å². The fourth-order valence-corrected chi connectivity index (χ4v) is 4.56. The Morgan fingerprint density at radius 3 is 2.66 bits per heavy atom. The van der Waals surface area contributed by atoms with Gasteiger partial charge in [0, 0.05) is 52.9 Å². The Hall–Kier alpha value is -2.46. The van der Waals surface area contributed by atoms with E-state index < -0.39 is 24.3 Å². The number of carboxylic acid groups (broad SMARTS) is 1. The van der Waals surface area contributed by atoms with E-state index in [2.05, 4.69) is 15.3 Å². The van der Waals surface area contributed by atoms with Crippen LogP contribution >= 0.6 is 11.3 Å². The van der Waals surface area contributed by atoms with Gasteiger partial charge < -0.3 is 15.3 Å². The van der Waals surface area contributed by atoms with Gasteiger partial charge in [-0.2, -0.15) is 0 Å². The SMILES string of the molecule is CC1CCC(c2cnc(CCNC(C)(C)C)cc2C(F)F)N1C(=O)c1csc(C(=O)O)n1. The Morgan fingerprint density at radius 2 is 2.06 bits per heavy atom. The molecule has 1 fully saturated rings. The number of nitrogens with one attached hydrogen (secondary N) is 1. The molecule has 3 heterocycles. The van der Waals surface area contributed by atoms with E-state index in [1.165, 1.54) is 22.5 Å². The number of aromatic nitrogens is 2. The molecule has 2 aromatic rings.